The summed E-state index contributed by atoms with van der Waals surface area (Å²) in [6.07, 6.45) is -3.28. The van der Waals surface area contributed by atoms with Gasteiger partial charge in [0, 0.05) is 0 Å². The number of benzene rings is 1. The van der Waals surface area contributed by atoms with Gasteiger partial charge in [-0.1, -0.05) is 0 Å². The third-order valence-electron chi connectivity index (χ3n) is 2.49. The van der Waals surface area contributed by atoms with Crippen LogP contribution in [0.15, 0.2) is 34.9 Å². The lowest BCUT2D eigenvalue weighted by atomic mass is 10.1. The first kappa shape index (κ1) is 14.3. The molecule has 0 aliphatic heterocycles. The second-order valence-electron chi connectivity index (χ2n) is 3.86. The first-order valence-electron chi connectivity index (χ1n) is 5.30. The molecule has 0 fully saturated rings. The number of hydrogen-bond acceptors (Lipinski definition) is 3. The van der Waals surface area contributed by atoms with E-state index in [-0.39, 0.29) is 22.2 Å². The van der Waals surface area contributed by atoms with Gasteiger partial charge in [-0.15, -0.1) is 0 Å². The van der Waals surface area contributed by atoms with Gasteiger partial charge in [0.05, 0.1) is 28.8 Å². The third-order valence-corrected chi connectivity index (χ3v) is 2.78. The van der Waals surface area contributed by atoms with Gasteiger partial charge in [-0.05, 0) is 35.9 Å². The second-order valence-corrected chi connectivity index (χ2v) is 4.21. The topological polar surface area (TPSA) is 68.3 Å². The Morgan fingerprint density at radius 1 is 1.30 bits per heavy atom. The molecule has 3 N–H and O–H groups in total. The third kappa shape index (κ3) is 2.88. The number of carbonyl (C=O) groups is 1. The predicted octanol–water partition coefficient (Wildman–Crippen LogP) is 3.79. The van der Waals surface area contributed by atoms with E-state index in [0.29, 0.717) is 0 Å². The fraction of sp³-hybridized carbons (Fsp3) is 0.0833. The van der Waals surface area contributed by atoms with Crippen molar-refractivity contribution in [3.05, 3.63) is 46.9 Å². The van der Waals surface area contributed by atoms with Crippen molar-refractivity contribution in [3.8, 4) is 0 Å². The van der Waals surface area contributed by atoms with Crippen molar-refractivity contribution < 1.29 is 22.4 Å². The molecule has 0 aliphatic carbocycles. The number of nitrogens with two attached hydrogens (primary N) is 1. The fourth-order valence-electron chi connectivity index (χ4n) is 1.50. The van der Waals surface area contributed by atoms with Gasteiger partial charge < -0.3 is 15.5 Å². The molecule has 2 rings (SSSR count). The van der Waals surface area contributed by atoms with E-state index in [2.05, 4.69) is 5.32 Å². The lowest BCUT2D eigenvalue weighted by molar-refractivity contribution is -0.137. The molecule has 1 amide bonds. The van der Waals surface area contributed by atoms with Crippen molar-refractivity contribution >= 4 is 28.9 Å². The van der Waals surface area contributed by atoms with Crippen LogP contribution in [0.25, 0.3) is 0 Å². The molecule has 0 atom stereocenters. The van der Waals surface area contributed by atoms with Gasteiger partial charge in [0.1, 0.15) is 0 Å². The van der Waals surface area contributed by atoms with E-state index in [1.165, 1.54) is 12.3 Å². The van der Waals surface area contributed by atoms with Gasteiger partial charge in [-0.3, -0.25) is 4.79 Å². The Hall–Kier alpha value is -2.15. The van der Waals surface area contributed by atoms with Crippen LogP contribution in [0.4, 0.5) is 24.5 Å². The summed E-state index contributed by atoms with van der Waals surface area (Å²) in [7, 11) is 0. The van der Waals surface area contributed by atoms with Crippen LogP contribution in [0, 0.1) is 0 Å². The molecule has 20 heavy (non-hydrogen) atoms. The number of furan rings is 1. The molecular weight excluding hydrogens is 297 g/mol. The van der Waals surface area contributed by atoms with Crippen LogP contribution in [0.5, 0.6) is 0 Å². The van der Waals surface area contributed by atoms with Crippen LogP contribution in [-0.2, 0) is 6.18 Å². The number of halogens is 4. The molecule has 0 spiro atoms. The molecule has 106 valence electrons. The van der Waals surface area contributed by atoms with Crippen molar-refractivity contribution in [2.24, 2.45) is 0 Å². The van der Waals surface area contributed by atoms with Gasteiger partial charge in [0.2, 0.25) is 5.22 Å². The first-order valence-corrected chi connectivity index (χ1v) is 5.68. The van der Waals surface area contributed by atoms with Gasteiger partial charge in [-0.2, -0.15) is 13.2 Å². The molecule has 0 unspecified atom stereocenters. The van der Waals surface area contributed by atoms with Crippen LogP contribution in [0.3, 0.4) is 0 Å². The molecule has 1 aromatic heterocycles. The standard InChI is InChI=1S/C12H8ClF3N2O2/c13-10-7(3-4-20-10)11(19)18-9-2-1-6(5-8(9)17)12(14,15)16/h1-5H,17H2,(H,18,19). The average molecular weight is 305 g/mol. The van der Waals surface area contributed by atoms with Crippen molar-refractivity contribution in [3.63, 3.8) is 0 Å². The quantitative estimate of drug-likeness (QED) is 0.829. The summed E-state index contributed by atoms with van der Waals surface area (Å²) in [5, 5.41) is 2.24. The van der Waals surface area contributed by atoms with Crippen LogP contribution >= 0.6 is 11.6 Å². The molecule has 4 nitrogen and oxygen atoms in total. The van der Waals surface area contributed by atoms with E-state index in [1.54, 1.807) is 0 Å². The predicted molar refractivity (Wildman–Crippen MR) is 67.5 cm³/mol. The zero-order chi connectivity index (χ0) is 14.9. The van der Waals surface area contributed by atoms with Gasteiger partial charge in [0.15, 0.2) is 0 Å². The molecule has 0 saturated carbocycles. The molecule has 0 aliphatic rings. The maximum absolute atomic E-state index is 12.5. The van der Waals surface area contributed by atoms with E-state index < -0.39 is 17.6 Å². The highest BCUT2D eigenvalue weighted by molar-refractivity contribution is 6.32. The Balaban J connectivity index is 2.23. The fourth-order valence-corrected chi connectivity index (χ4v) is 1.70. The van der Waals surface area contributed by atoms with Crippen molar-refractivity contribution in [1.29, 1.82) is 0 Å². The number of hydrogen-bond donors (Lipinski definition) is 2. The molecule has 1 heterocycles. The zero-order valence-electron chi connectivity index (χ0n) is 9.79. The highest BCUT2D eigenvalue weighted by Gasteiger charge is 2.31. The Bertz CT molecular complexity index is 652. The molecular formula is C12H8ClF3N2O2. The largest absolute Gasteiger partial charge is 0.452 e. The Morgan fingerprint density at radius 3 is 2.50 bits per heavy atom. The maximum atomic E-state index is 12.5. The summed E-state index contributed by atoms with van der Waals surface area (Å²) in [6, 6.07) is 3.97. The van der Waals surface area contributed by atoms with Crippen molar-refractivity contribution in [1.82, 2.24) is 0 Å². The normalized spacial score (nSPS) is 11.4. The molecule has 0 bridgehead atoms. The summed E-state index contributed by atoms with van der Waals surface area (Å²) >= 11 is 5.62. The first-order chi connectivity index (χ1) is 9.29. The number of nitrogens with one attached hydrogen (secondary N) is 1. The minimum atomic E-state index is -4.50. The highest BCUT2D eigenvalue weighted by atomic mass is 35.5. The summed E-state index contributed by atoms with van der Waals surface area (Å²) in [4.78, 5) is 11.8. The van der Waals surface area contributed by atoms with Crippen LogP contribution in [-0.4, -0.2) is 5.91 Å². The van der Waals surface area contributed by atoms with E-state index in [1.807, 2.05) is 0 Å². The van der Waals surface area contributed by atoms with E-state index in [9.17, 15) is 18.0 Å². The summed E-state index contributed by atoms with van der Waals surface area (Å²) in [5.74, 6) is -0.629. The second kappa shape index (κ2) is 5.09. The minimum absolute atomic E-state index is 0.0558. The Kier molecular flexibility index (Phi) is 3.63. The molecule has 0 radical (unpaired) electrons. The van der Waals surface area contributed by atoms with Crippen LogP contribution in [0.1, 0.15) is 15.9 Å². The lowest BCUT2D eigenvalue weighted by Crippen LogP contribution is -2.14. The zero-order valence-corrected chi connectivity index (χ0v) is 10.5. The molecule has 2 aromatic rings. The maximum Gasteiger partial charge on any atom is 0.416 e. The number of rotatable bonds is 2. The van der Waals surface area contributed by atoms with E-state index >= 15 is 0 Å². The van der Waals surface area contributed by atoms with Crippen LogP contribution < -0.4 is 11.1 Å². The number of amides is 1. The van der Waals surface area contributed by atoms with Gasteiger partial charge in [-0.25, -0.2) is 0 Å². The minimum Gasteiger partial charge on any atom is -0.452 e. The number of alkyl halides is 3. The summed E-state index contributed by atoms with van der Waals surface area (Å²) in [6.45, 7) is 0. The Morgan fingerprint density at radius 2 is 2.00 bits per heavy atom. The van der Waals surface area contributed by atoms with Gasteiger partial charge in [0.25, 0.3) is 5.91 Å². The smallest absolute Gasteiger partial charge is 0.416 e. The van der Waals surface area contributed by atoms with Crippen LogP contribution in [0.2, 0.25) is 5.22 Å². The highest BCUT2D eigenvalue weighted by Crippen LogP contribution is 2.33. The van der Waals surface area contributed by atoms with E-state index in [0.717, 1.165) is 18.2 Å². The molecule has 1 aromatic carbocycles. The monoisotopic (exact) mass is 304 g/mol. The summed E-state index contributed by atoms with van der Waals surface area (Å²) in [5.41, 5.74) is 4.51. The molecule has 8 heteroatoms. The number of nitrogen functional groups attached to an aromatic ring is 1. The average Bonchev–Trinajstić information content (AvgIpc) is 2.76. The summed E-state index contributed by atoms with van der Waals surface area (Å²) < 4.78 is 42.1. The van der Waals surface area contributed by atoms with Gasteiger partial charge >= 0.3 is 6.18 Å². The Labute approximate surface area is 116 Å². The van der Waals surface area contributed by atoms with Crippen molar-refractivity contribution in [2.45, 2.75) is 6.18 Å². The van der Waals surface area contributed by atoms with E-state index in [4.69, 9.17) is 21.8 Å². The van der Waals surface area contributed by atoms with Crippen molar-refractivity contribution in [2.75, 3.05) is 11.1 Å². The SMILES string of the molecule is Nc1cc(C(F)(F)F)ccc1NC(=O)c1ccoc1Cl. The number of anilines is 2. The molecule has 0 saturated heterocycles. The lowest BCUT2D eigenvalue weighted by Gasteiger charge is -2.11. The number of carbonyl (C=O) groups excluding carboxylic acids is 1.